The SMILES string of the molecule is CCOC(=O)CSC/C(O)=C(\C#N)c1nnc2n1CCCCC2. The van der Waals surface area contributed by atoms with Crippen LogP contribution >= 0.6 is 11.8 Å². The summed E-state index contributed by atoms with van der Waals surface area (Å²) in [4.78, 5) is 11.3. The van der Waals surface area contributed by atoms with Crippen molar-refractivity contribution in [3.05, 3.63) is 17.4 Å². The van der Waals surface area contributed by atoms with E-state index in [2.05, 4.69) is 10.2 Å². The second-order valence-corrected chi connectivity index (χ2v) is 6.12. The summed E-state index contributed by atoms with van der Waals surface area (Å²) in [5, 5.41) is 27.8. The zero-order valence-electron chi connectivity index (χ0n) is 13.1. The number of esters is 1. The third-order valence-electron chi connectivity index (χ3n) is 3.50. The van der Waals surface area contributed by atoms with Gasteiger partial charge in [-0.25, -0.2) is 0 Å². The molecule has 124 valence electrons. The molecular weight excluding hydrogens is 316 g/mol. The quantitative estimate of drug-likeness (QED) is 0.482. The zero-order chi connectivity index (χ0) is 16.7. The molecule has 0 bridgehead atoms. The van der Waals surface area contributed by atoms with Crippen LogP contribution in [0.25, 0.3) is 5.57 Å². The minimum atomic E-state index is -0.333. The molecule has 2 heterocycles. The van der Waals surface area contributed by atoms with Crippen molar-refractivity contribution in [1.29, 1.82) is 5.26 Å². The van der Waals surface area contributed by atoms with Gasteiger partial charge in [-0.3, -0.25) is 4.79 Å². The second-order valence-electron chi connectivity index (χ2n) is 5.13. The average molecular weight is 336 g/mol. The Hall–Kier alpha value is -2.01. The molecule has 0 amide bonds. The number of carbonyl (C=O) groups excluding carboxylic acids is 1. The number of carbonyl (C=O) groups is 1. The fourth-order valence-electron chi connectivity index (χ4n) is 2.42. The largest absolute Gasteiger partial charge is 0.510 e. The van der Waals surface area contributed by atoms with Crippen molar-refractivity contribution in [2.24, 2.45) is 0 Å². The highest BCUT2D eigenvalue weighted by atomic mass is 32.2. The van der Waals surface area contributed by atoms with Crippen LogP contribution in [-0.2, 0) is 22.5 Å². The van der Waals surface area contributed by atoms with Gasteiger partial charge in [-0.1, -0.05) is 6.42 Å². The molecule has 0 aliphatic carbocycles. The van der Waals surface area contributed by atoms with Crippen LogP contribution in [0.1, 0.15) is 37.8 Å². The summed E-state index contributed by atoms with van der Waals surface area (Å²) >= 11 is 1.20. The van der Waals surface area contributed by atoms with Crippen molar-refractivity contribution >= 4 is 23.3 Å². The maximum absolute atomic E-state index is 11.3. The highest BCUT2D eigenvalue weighted by molar-refractivity contribution is 8.00. The maximum Gasteiger partial charge on any atom is 0.315 e. The lowest BCUT2D eigenvalue weighted by molar-refractivity contribution is -0.139. The van der Waals surface area contributed by atoms with Gasteiger partial charge in [0.25, 0.3) is 0 Å². The molecule has 1 aliphatic rings. The van der Waals surface area contributed by atoms with Gasteiger partial charge < -0.3 is 14.4 Å². The molecule has 2 rings (SSSR count). The van der Waals surface area contributed by atoms with E-state index in [0.717, 1.165) is 38.1 Å². The van der Waals surface area contributed by atoms with Gasteiger partial charge in [-0.05, 0) is 19.8 Å². The Morgan fingerprint density at radius 2 is 2.22 bits per heavy atom. The molecule has 0 atom stereocenters. The van der Waals surface area contributed by atoms with Crippen LogP contribution in [0.4, 0.5) is 0 Å². The van der Waals surface area contributed by atoms with E-state index in [4.69, 9.17) is 4.74 Å². The molecule has 1 aliphatic heterocycles. The summed E-state index contributed by atoms with van der Waals surface area (Å²) in [5.41, 5.74) is 0.127. The normalized spacial score (nSPS) is 15.1. The number of aryl methyl sites for hydroxylation is 1. The molecule has 0 radical (unpaired) electrons. The fraction of sp³-hybridized carbons (Fsp3) is 0.600. The lowest BCUT2D eigenvalue weighted by Gasteiger charge is -2.08. The highest BCUT2D eigenvalue weighted by Gasteiger charge is 2.20. The smallest absolute Gasteiger partial charge is 0.315 e. The predicted molar refractivity (Wildman–Crippen MR) is 86.7 cm³/mol. The Kier molecular flexibility index (Phi) is 6.47. The molecule has 7 nitrogen and oxygen atoms in total. The van der Waals surface area contributed by atoms with Crippen LogP contribution < -0.4 is 0 Å². The molecule has 0 unspecified atom stereocenters. The monoisotopic (exact) mass is 336 g/mol. The molecule has 1 aromatic heterocycles. The van der Waals surface area contributed by atoms with E-state index in [1.54, 1.807) is 6.92 Å². The third kappa shape index (κ3) is 4.48. The van der Waals surface area contributed by atoms with Crippen molar-refractivity contribution in [2.45, 2.75) is 39.2 Å². The number of aromatic nitrogens is 3. The Morgan fingerprint density at radius 3 is 2.96 bits per heavy atom. The summed E-state index contributed by atoms with van der Waals surface area (Å²) < 4.78 is 6.74. The standard InChI is InChI=1S/C15H20N4O3S/c1-2-22-14(21)10-23-9-12(20)11(8-16)15-18-17-13-6-4-3-5-7-19(13)15/h20H,2-7,9-10H2,1H3/b12-11-. The van der Waals surface area contributed by atoms with E-state index < -0.39 is 0 Å². The van der Waals surface area contributed by atoms with Crippen LogP contribution in [0.5, 0.6) is 0 Å². The summed E-state index contributed by atoms with van der Waals surface area (Å²) in [5.74, 6) is 1.15. The van der Waals surface area contributed by atoms with E-state index in [0.29, 0.717) is 12.4 Å². The molecule has 0 spiro atoms. The Bertz CT molecular complexity index is 633. The van der Waals surface area contributed by atoms with Gasteiger partial charge in [0.15, 0.2) is 5.82 Å². The van der Waals surface area contributed by atoms with Crippen LogP contribution in [0.3, 0.4) is 0 Å². The van der Waals surface area contributed by atoms with E-state index in [1.807, 2.05) is 10.6 Å². The number of aliphatic hydroxyl groups excluding tert-OH is 1. The van der Waals surface area contributed by atoms with E-state index in [9.17, 15) is 15.2 Å². The summed E-state index contributed by atoms with van der Waals surface area (Å²) in [6, 6.07) is 2.01. The molecule has 1 N–H and O–H groups in total. The van der Waals surface area contributed by atoms with Crippen LogP contribution in [0, 0.1) is 11.3 Å². The second kappa shape index (κ2) is 8.58. The molecule has 8 heteroatoms. The first-order valence-corrected chi connectivity index (χ1v) is 8.80. The van der Waals surface area contributed by atoms with Crippen molar-refractivity contribution in [3.63, 3.8) is 0 Å². The van der Waals surface area contributed by atoms with Crippen molar-refractivity contribution in [3.8, 4) is 6.07 Å². The zero-order valence-corrected chi connectivity index (χ0v) is 13.9. The van der Waals surface area contributed by atoms with Crippen molar-refractivity contribution in [1.82, 2.24) is 14.8 Å². The Balaban J connectivity index is 2.10. The van der Waals surface area contributed by atoms with E-state index in [-0.39, 0.29) is 28.8 Å². The number of rotatable bonds is 6. The van der Waals surface area contributed by atoms with Gasteiger partial charge in [-0.2, -0.15) is 5.26 Å². The number of hydrogen-bond donors (Lipinski definition) is 1. The van der Waals surface area contributed by atoms with E-state index in [1.165, 1.54) is 11.8 Å². The number of fused-ring (bicyclic) bond motifs is 1. The average Bonchev–Trinajstić information content (AvgIpc) is 2.77. The molecule has 0 saturated heterocycles. The van der Waals surface area contributed by atoms with Crippen LogP contribution in [0.2, 0.25) is 0 Å². The van der Waals surface area contributed by atoms with Crippen molar-refractivity contribution in [2.75, 3.05) is 18.1 Å². The molecule has 1 aromatic rings. The summed E-state index contributed by atoms with van der Waals surface area (Å²) in [7, 11) is 0. The van der Waals surface area contributed by atoms with Gasteiger partial charge in [0, 0.05) is 13.0 Å². The highest BCUT2D eigenvalue weighted by Crippen LogP contribution is 2.22. The van der Waals surface area contributed by atoms with Crippen LogP contribution in [-0.4, -0.2) is 44.0 Å². The number of hydrogen-bond acceptors (Lipinski definition) is 7. The minimum Gasteiger partial charge on any atom is -0.510 e. The molecule has 23 heavy (non-hydrogen) atoms. The lowest BCUT2D eigenvalue weighted by Crippen LogP contribution is -2.09. The molecule has 0 aromatic carbocycles. The first kappa shape index (κ1) is 17.3. The van der Waals surface area contributed by atoms with Gasteiger partial charge in [-0.15, -0.1) is 22.0 Å². The van der Waals surface area contributed by atoms with Gasteiger partial charge in [0.1, 0.15) is 23.2 Å². The van der Waals surface area contributed by atoms with Gasteiger partial charge in [0.2, 0.25) is 0 Å². The first-order chi connectivity index (χ1) is 11.2. The number of allylic oxidation sites excluding steroid dienone is 1. The Morgan fingerprint density at radius 1 is 1.39 bits per heavy atom. The van der Waals surface area contributed by atoms with E-state index >= 15 is 0 Å². The maximum atomic E-state index is 11.3. The summed E-state index contributed by atoms with van der Waals surface area (Å²) in [6.45, 7) is 2.83. The number of aliphatic hydroxyl groups is 1. The van der Waals surface area contributed by atoms with Crippen molar-refractivity contribution < 1.29 is 14.6 Å². The minimum absolute atomic E-state index is 0.0822. The predicted octanol–water partition coefficient (Wildman–Crippen LogP) is 2.09. The van der Waals surface area contributed by atoms with Gasteiger partial charge in [0.05, 0.1) is 18.1 Å². The van der Waals surface area contributed by atoms with Gasteiger partial charge >= 0.3 is 5.97 Å². The first-order valence-electron chi connectivity index (χ1n) is 7.65. The molecular formula is C15H20N4O3S. The number of nitrogens with zero attached hydrogens (tertiary/aromatic N) is 4. The fourth-order valence-corrected chi connectivity index (χ4v) is 3.11. The number of nitriles is 1. The molecule has 0 fully saturated rings. The number of thioether (sulfide) groups is 1. The number of ether oxygens (including phenoxy) is 1. The third-order valence-corrected chi connectivity index (χ3v) is 4.41. The molecule has 0 saturated carbocycles. The Labute approximate surface area is 139 Å². The van der Waals surface area contributed by atoms with Crippen LogP contribution in [0.15, 0.2) is 5.76 Å². The summed E-state index contributed by atoms with van der Waals surface area (Å²) in [6.07, 6.45) is 4.03. The lowest BCUT2D eigenvalue weighted by atomic mass is 10.2. The topological polar surface area (TPSA) is 101 Å².